The highest BCUT2D eigenvalue weighted by atomic mass is 32.2. The molecule has 0 radical (unpaired) electrons. The number of rotatable bonds is 6. The summed E-state index contributed by atoms with van der Waals surface area (Å²) in [6, 6.07) is 23.8. The van der Waals surface area contributed by atoms with Gasteiger partial charge in [0.15, 0.2) is 10.9 Å². The number of fused-ring (bicyclic) bond motifs is 1. The second-order valence-electron chi connectivity index (χ2n) is 7.35. The van der Waals surface area contributed by atoms with E-state index in [1.165, 1.54) is 0 Å². The summed E-state index contributed by atoms with van der Waals surface area (Å²) in [6.07, 6.45) is 0.433. The molecule has 0 N–H and O–H groups in total. The minimum atomic E-state index is -1.51. The number of carbonyl (C=O) groups is 1. The van der Waals surface area contributed by atoms with Crippen LogP contribution < -0.4 is 4.74 Å². The molecule has 3 atom stereocenters. The maximum Gasteiger partial charge on any atom is 0.328 e. The van der Waals surface area contributed by atoms with Gasteiger partial charge in [0.2, 0.25) is 0 Å². The molecule has 0 aromatic heterocycles. The largest absolute Gasteiger partial charge is 0.593 e. The Morgan fingerprint density at radius 2 is 1.71 bits per heavy atom. The topological polar surface area (TPSA) is 61.8 Å². The Bertz CT molecular complexity index is 1030. The average molecular weight is 436 g/mol. The summed E-state index contributed by atoms with van der Waals surface area (Å²) in [7, 11) is 0. The third-order valence-electron chi connectivity index (χ3n) is 5.34. The average Bonchev–Trinajstić information content (AvgIpc) is 2.80. The van der Waals surface area contributed by atoms with Crippen molar-refractivity contribution in [2.45, 2.75) is 37.2 Å². The van der Waals surface area contributed by atoms with Gasteiger partial charge in [-0.2, -0.15) is 0 Å². The van der Waals surface area contributed by atoms with Gasteiger partial charge in [0.25, 0.3) is 0 Å². The molecule has 0 fully saturated rings. The maximum absolute atomic E-state index is 13.5. The van der Waals surface area contributed by atoms with Gasteiger partial charge < -0.3 is 14.0 Å². The van der Waals surface area contributed by atoms with E-state index >= 15 is 0 Å². The van der Waals surface area contributed by atoms with Crippen LogP contribution in [0.5, 0.6) is 11.5 Å². The van der Waals surface area contributed by atoms with Crippen LogP contribution in [0, 0.1) is 0 Å². The molecule has 1 aliphatic heterocycles. The fraction of sp³-hybridized carbons (Fsp3) is 0.240. The molecule has 0 saturated carbocycles. The Labute approximate surface area is 185 Å². The number of nitrogens with zero attached hydrogens (tertiary/aromatic N) is 1. The molecule has 6 heteroatoms. The van der Waals surface area contributed by atoms with Gasteiger partial charge in [0, 0.05) is 6.42 Å². The summed E-state index contributed by atoms with van der Waals surface area (Å²) in [5.41, 5.74) is 2.03. The lowest BCUT2D eigenvalue weighted by molar-refractivity contribution is -0.148. The number of esters is 1. The summed E-state index contributed by atoms with van der Waals surface area (Å²) in [4.78, 5) is 13.4. The van der Waals surface area contributed by atoms with Crippen LogP contribution >= 0.6 is 0 Å². The standard InChI is InChI=1S/C25H25NO4S/c1-3-29-25(27)24-16-19-14-15-21(30-20-10-6-4-7-11-20)17-23(19)18(2)26(24)31(28)22-12-8-5-9-13-22/h4-15,17-18,24H,3,16H2,1-2H3. The molecule has 0 amide bonds. The van der Waals surface area contributed by atoms with Gasteiger partial charge in [-0.05, 0) is 61.4 Å². The van der Waals surface area contributed by atoms with Crippen LogP contribution in [0.2, 0.25) is 0 Å². The fourth-order valence-electron chi connectivity index (χ4n) is 3.88. The third-order valence-corrected chi connectivity index (χ3v) is 6.97. The van der Waals surface area contributed by atoms with Crippen molar-refractivity contribution in [1.29, 1.82) is 0 Å². The predicted molar refractivity (Wildman–Crippen MR) is 120 cm³/mol. The summed E-state index contributed by atoms with van der Waals surface area (Å²) >= 11 is -1.51. The van der Waals surface area contributed by atoms with Crippen molar-refractivity contribution in [2.24, 2.45) is 0 Å². The van der Waals surface area contributed by atoms with E-state index in [1.807, 2.05) is 85.8 Å². The second kappa shape index (κ2) is 9.56. The lowest BCUT2D eigenvalue weighted by atomic mass is 9.90. The van der Waals surface area contributed by atoms with Crippen molar-refractivity contribution in [3.63, 3.8) is 0 Å². The summed E-state index contributed by atoms with van der Waals surface area (Å²) < 4.78 is 26.6. The molecule has 1 aliphatic rings. The lowest BCUT2D eigenvalue weighted by Gasteiger charge is -2.39. The number of ether oxygens (including phenoxy) is 2. The Hall–Kier alpha value is -2.80. The van der Waals surface area contributed by atoms with E-state index in [9.17, 15) is 9.35 Å². The highest BCUT2D eigenvalue weighted by Crippen LogP contribution is 2.39. The Morgan fingerprint density at radius 3 is 2.39 bits per heavy atom. The monoisotopic (exact) mass is 435 g/mol. The van der Waals surface area contributed by atoms with E-state index in [1.54, 1.807) is 11.2 Å². The van der Waals surface area contributed by atoms with E-state index < -0.39 is 17.4 Å². The molecule has 0 saturated heterocycles. The number of hydrogen-bond donors (Lipinski definition) is 0. The summed E-state index contributed by atoms with van der Waals surface area (Å²) in [5.74, 6) is 1.10. The molecule has 5 nitrogen and oxygen atoms in total. The van der Waals surface area contributed by atoms with Crippen LogP contribution in [0.4, 0.5) is 0 Å². The molecule has 160 valence electrons. The van der Waals surface area contributed by atoms with Crippen molar-refractivity contribution >= 4 is 17.3 Å². The molecule has 0 bridgehead atoms. The Kier molecular flexibility index (Phi) is 6.61. The Balaban J connectivity index is 1.69. The van der Waals surface area contributed by atoms with Crippen molar-refractivity contribution in [3.8, 4) is 11.5 Å². The molecular formula is C25H25NO4S. The number of para-hydroxylation sites is 1. The van der Waals surface area contributed by atoms with Gasteiger partial charge in [-0.15, -0.1) is 4.31 Å². The van der Waals surface area contributed by atoms with Crippen molar-refractivity contribution < 1.29 is 18.8 Å². The van der Waals surface area contributed by atoms with E-state index in [0.29, 0.717) is 17.1 Å². The molecule has 0 aliphatic carbocycles. The van der Waals surface area contributed by atoms with Crippen molar-refractivity contribution in [3.05, 3.63) is 90.0 Å². The quantitative estimate of drug-likeness (QED) is 0.400. The molecule has 4 rings (SSSR count). The van der Waals surface area contributed by atoms with Gasteiger partial charge >= 0.3 is 5.97 Å². The minimum Gasteiger partial charge on any atom is -0.593 e. The molecule has 3 unspecified atom stereocenters. The minimum absolute atomic E-state index is 0.265. The van der Waals surface area contributed by atoms with Crippen LogP contribution in [0.25, 0.3) is 0 Å². The van der Waals surface area contributed by atoms with Crippen LogP contribution in [0.1, 0.15) is 31.0 Å². The SMILES string of the molecule is CCOC(=O)C1Cc2ccc(Oc3ccccc3)cc2C(C)N1[S+]([O-])c1ccccc1. The summed E-state index contributed by atoms with van der Waals surface area (Å²) in [6.45, 7) is 4.04. The van der Waals surface area contributed by atoms with E-state index in [2.05, 4.69) is 0 Å². The first-order valence-electron chi connectivity index (χ1n) is 10.4. The van der Waals surface area contributed by atoms with Crippen molar-refractivity contribution in [1.82, 2.24) is 4.31 Å². The van der Waals surface area contributed by atoms with Gasteiger partial charge in [-0.1, -0.05) is 42.5 Å². The third kappa shape index (κ3) is 4.61. The van der Waals surface area contributed by atoms with Gasteiger partial charge in [-0.3, -0.25) is 4.79 Å². The smallest absolute Gasteiger partial charge is 0.328 e. The first kappa shape index (κ1) is 21.4. The second-order valence-corrected chi connectivity index (χ2v) is 8.74. The van der Waals surface area contributed by atoms with Crippen LogP contribution in [-0.4, -0.2) is 27.5 Å². The van der Waals surface area contributed by atoms with E-state index in [0.717, 1.165) is 16.9 Å². The first-order chi connectivity index (χ1) is 15.1. The van der Waals surface area contributed by atoms with E-state index in [-0.39, 0.29) is 18.6 Å². The number of hydrogen-bond acceptors (Lipinski definition) is 5. The normalized spacial score (nSPS) is 19.3. The van der Waals surface area contributed by atoms with Crippen LogP contribution in [-0.2, 0) is 27.3 Å². The van der Waals surface area contributed by atoms with Crippen LogP contribution in [0.3, 0.4) is 0 Å². The van der Waals surface area contributed by atoms with Crippen molar-refractivity contribution in [2.75, 3.05) is 6.61 Å². The highest BCUT2D eigenvalue weighted by Gasteiger charge is 2.45. The molecule has 0 spiro atoms. The number of carbonyl (C=O) groups excluding carboxylic acids is 1. The molecule has 1 heterocycles. The Morgan fingerprint density at radius 1 is 1.03 bits per heavy atom. The predicted octanol–water partition coefficient (Wildman–Crippen LogP) is 5.05. The fourth-order valence-corrected chi connectivity index (χ4v) is 5.31. The zero-order valence-electron chi connectivity index (χ0n) is 17.6. The maximum atomic E-state index is 13.5. The molecule has 31 heavy (non-hydrogen) atoms. The molecular weight excluding hydrogens is 410 g/mol. The van der Waals surface area contributed by atoms with Gasteiger partial charge in [-0.25, -0.2) is 0 Å². The molecule has 3 aromatic carbocycles. The summed E-state index contributed by atoms with van der Waals surface area (Å²) in [5, 5.41) is 0. The zero-order valence-corrected chi connectivity index (χ0v) is 18.4. The lowest BCUT2D eigenvalue weighted by Crippen LogP contribution is -2.51. The highest BCUT2D eigenvalue weighted by molar-refractivity contribution is 7.89. The van der Waals surface area contributed by atoms with Gasteiger partial charge in [0.1, 0.15) is 11.5 Å². The number of benzene rings is 3. The first-order valence-corrected chi connectivity index (χ1v) is 11.5. The zero-order chi connectivity index (χ0) is 21.8. The van der Waals surface area contributed by atoms with Crippen LogP contribution in [0.15, 0.2) is 83.8 Å². The molecule has 3 aromatic rings. The van der Waals surface area contributed by atoms with E-state index in [4.69, 9.17) is 9.47 Å². The van der Waals surface area contributed by atoms with Gasteiger partial charge in [0.05, 0.1) is 24.0 Å².